The van der Waals surface area contributed by atoms with E-state index in [1.165, 1.54) is 5.56 Å². The van der Waals surface area contributed by atoms with Crippen molar-refractivity contribution in [2.75, 3.05) is 18.5 Å². The average molecular weight is 314 g/mol. The molecule has 5 heteroatoms. The Labute approximate surface area is 117 Å². The minimum atomic E-state index is -0.324. The number of benzene rings is 1. The SMILES string of the molecule is CNCc1ccc(N(CC(N)=O)C(C)C)c(Br)c1. The van der Waals surface area contributed by atoms with Gasteiger partial charge in [-0.05, 0) is 54.5 Å². The van der Waals surface area contributed by atoms with Gasteiger partial charge >= 0.3 is 0 Å². The quantitative estimate of drug-likeness (QED) is 0.843. The van der Waals surface area contributed by atoms with Crippen LogP contribution in [0.15, 0.2) is 22.7 Å². The van der Waals surface area contributed by atoms with Crippen LogP contribution in [0.25, 0.3) is 0 Å². The summed E-state index contributed by atoms with van der Waals surface area (Å²) in [6, 6.07) is 6.33. The van der Waals surface area contributed by atoms with Crippen LogP contribution in [0, 0.1) is 0 Å². The molecule has 1 aromatic carbocycles. The summed E-state index contributed by atoms with van der Waals surface area (Å²) in [6.45, 7) is 5.12. The van der Waals surface area contributed by atoms with Gasteiger partial charge < -0.3 is 16.0 Å². The van der Waals surface area contributed by atoms with Gasteiger partial charge in [0.2, 0.25) is 5.91 Å². The third kappa shape index (κ3) is 3.99. The molecule has 0 aromatic heterocycles. The first-order valence-electron chi connectivity index (χ1n) is 5.93. The molecule has 1 rings (SSSR count). The molecular weight excluding hydrogens is 294 g/mol. The van der Waals surface area contributed by atoms with Crippen LogP contribution in [0.3, 0.4) is 0 Å². The van der Waals surface area contributed by atoms with E-state index in [2.05, 4.69) is 27.3 Å². The number of rotatable bonds is 6. The molecule has 4 nitrogen and oxygen atoms in total. The van der Waals surface area contributed by atoms with E-state index in [9.17, 15) is 4.79 Å². The standard InChI is InChI=1S/C13H20BrN3O/c1-9(2)17(8-13(15)18)12-5-4-10(7-16-3)6-11(12)14/h4-6,9,16H,7-8H2,1-3H3,(H2,15,18). The largest absolute Gasteiger partial charge is 0.368 e. The van der Waals surface area contributed by atoms with Crippen molar-refractivity contribution < 1.29 is 4.79 Å². The molecule has 0 aliphatic rings. The van der Waals surface area contributed by atoms with Crippen molar-refractivity contribution in [3.05, 3.63) is 28.2 Å². The van der Waals surface area contributed by atoms with Gasteiger partial charge in [-0.3, -0.25) is 4.79 Å². The molecule has 0 saturated heterocycles. The van der Waals surface area contributed by atoms with E-state index >= 15 is 0 Å². The first-order chi connectivity index (χ1) is 8.45. The Kier molecular flexibility index (Phi) is 5.62. The van der Waals surface area contributed by atoms with Crippen LogP contribution in [0.2, 0.25) is 0 Å². The second-order valence-electron chi connectivity index (χ2n) is 4.50. The Morgan fingerprint density at radius 2 is 2.17 bits per heavy atom. The number of carbonyl (C=O) groups excluding carboxylic acids is 1. The fourth-order valence-electron chi connectivity index (χ4n) is 1.81. The zero-order valence-electron chi connectivity index (χ0n) is 11.0. The number of halogens is 1. The first-order valence-corrected chi connectivity index (χ1v) is 6.73. The van der Waals surface area contributed by atoms with Gasteiger partial charge in [-0.15, -0.1) is 0 Å². The van der Waals surface area contributed by atoms with E-state index in [0.29, 0.717) is 0 Å². The smallest absolute Gasteiger partial charge is 0.236 e. The molecule has 100 valence electrons. The van der Waals surface area contributed by atoms with Gasteiger partial charge in [0.1, 0.15) is 0 Å². The summed E-state index contributed by atoms with van der Waals surface area (Å²) < 4.78 is 0.977. The molecule has 1 aromatic rings. The van der Waals surface area contributed by atoms with Crippen LogP contribution in [-0.2, 0) is 11.3 Å². The summed E-state index contributed by atoms with van der Waals surface area (Å²) in [7, 11) is 1.91. The minimum Gasteiger partial charge on any atom is -0.368 e. The molecular formula is C13H20BrN3O. The summed E-state index contributed by atoms with van der Waals surface area (Å²) in [6.07, 6.45) is 0. The third-order valence-electron chi connectivity index (χ3n) is 2.65. The van der Waals surface area contributed by atoms with Gasteiger partial charge in [-0.2, -0.15) is 0 Å². The highest BCUT2D eigenvalue weighted by molar-refractivity contribution is 9.10. The van der Waals surface area contributed by atoms with Crippen molar-refractivity contribution in [2.24, 2.45) is 5.73 Å². The summed E-state index contributed by atoms with van der Waals surface area (Å²) >= 11 is 3.55. The van der Waals surface area contributed by atoms with Crippen LogP contribution in [-0.4, -0.2) is 25.5 Å². The Morgan fingerprint density at radius 1 is 1.50 bits per heavy atom. The number of primary amides is 1. The number of carbonyl (C=O) groups is 1. The summed E-state index contributed by atoms with van der Waals surface area (Å²) in [5.74, 6) is -0.324. The lowest BCUT2D eigenvalue weighted by molar-refractivity contribution is -0.116. The molecule has 0 spiro atoms. The van der Waals surface area contributed by atoms with Gasteiger partial charge in [0.15, 0.2) is 0 Å². The van der Waals surface area contributed by atoms with Crippen molar-refractivity contribution in [1.82, 2.24) is 5.32 Å². The highest BCUT2D eigenvalue weighted by Gasteiger charge is 2.15. The summed E-state index contributed by atoms with van der Waals surface area (Å²) in [4.78, 5) is 13.1. The number of nitrogens with two attached hydrogens (primary N) is 1. The van der Waals surface area contributed by atoms with Gasteiger partial charge in [-0.1, -0.05) is 6.07 Å². The van der Waals surface area contributed by atoms with Gasteiger partial charge in [0.05, 0.1) is 12.2 Å². The highest BCUT2D eigenvalue weighted by atomic mass is 79.9. The van der Waals surface area contributed by atoms with Crippen LogP contribution in [0.1, 0.15) is 19.4 Å². The van der Waals surface area contributed by atoms with Gasteiger partial charge in [-0.25, -0.2) is 0 Å². The second kappa shape index (κ2) is 6.75. The molecule has 0 aliphatic heterocycles. The molecule has 0 unspecified atom stereocenters. The van der Waals surface area contributed by atoms with E-state index in [0.717, 1.165) is 16.7 Å². The van der Waals surface area contributed by atoms with Crippen LogP contribution < -0.4 is 16.0 Å². The Morgan fingerprint density at radius 3 is 2.61 bits per heavy atom. The minimum absolute atomic E-state index is 0.212. The van der Waals surface area contributed by atoms with Crippen LogP contribution >= 0.6 is 15.9 Å². The van der Waals surface area contributed by atoms with Gasteiger partial charge in [0, 0.05) is 17.1 Å². The molecule has 0 fully saturated rings. The molecule has 0 heterocycles. The molecule has 3 N–H and O–H groups in total. The normalized spacial score (nSPS) is 10.7. The maximum atomic E-state index is 11.1. The Bertz CT molecular complexity index is 421. The van der Waals surface area contributed by atoms with E-state index in [1.807, 2.05) is 37.9 Å². The zero-order valence-corrected chi connectivity index (χ0v) is 12.6. The van der Waals surface area contributed by atoms with Crippen molar-refractivity contribution >= 4 is 27.5 Å². The van der Waals surface area contributed by atoms with Gasteiger partial charge in [0.25, 0.3) is 0 Å². The van der Waals surface area contributed by atoms with Crippen molar-refractivity contribution in [1.29, 1.82) is 0 Å². The number of anilines is 1. The fraction of sp³-hybridized carbons (Fsp3) is 0.462. The van der Waals surface area contributed by atoms with E-state index in [-0.39, 0.29) is 18.5 Å². The molecule has 18 heavy (non-hydrogen) atoms. The maximum Gasteiger partial charge on any atom is 0.236 e. The predicted octanol–water partition coefficient (Wildman–Crippen LogP) is 1.87. The topological polar surface area (TPSA) is 58.4 Å². The van der Waals surface area contributed by atoms with Crippen LogP contribution in [0.4, 0.5) is 5.69 Å². The average Bonchev–Trinajstić information content (AvgIpc) is 2.26. The Hall–Kier alpha value is -1.07. The summed E-state index contributed by atoms with van der Waals surface area (Å²) in [5.41, 5.74) is 7.47. The van der Waals surface area contributed by atoms with Crippen molar-refractivity contribution in [3.63, 3.8) is 0 Å². The number of hydrogen-bond acceptors (Lipinski definition) is 3. The molecule has 0 bridgehead atoms. The molecule has 0 aliphatic carbocycles. The zero-order chi connectivity index (χ0) is 13.7. The van der Waals surface area contributed by atoms with Crippen LogP contribution in [0.5, 0.6) is 0 Å². The van der Waals surface area contributed by atoms with Crippen molar-refractivity contribution in [2.45, 2.75) is 26.4 Å². The van der Waals surface area contributed by atoms with E-state index < -0.39 is 0 Å². The molecule has 0 atom stereocenters. The lowest BCUT2D eigenvalue weighted by Gasteiger charge is -2.28. The lowest BCUT2D eigenvalue weighted by atomic mass is 10.1. The maximum absolute atomic E-state index is 11.1. The number of nitrogens with zero attached hydrogens (tertiary/aromatic N) is 1. The number of hydrogen-bond donors (Lipinski definition) is 2. The monoisotopic (exact) mass is 313 g/mol. The molecule has 1 amide bonds. The molecule has 0 saturated carbocycles. The number of amides is 1. The molecule has 0 radical (unpaired) electrons. The van der Waals surface area contributed by atoms with E-state index in [4.69, 9.17) is 5.73 Å². The summed E-state index contributed by atoms with van der Waals surface area (Å²) in [5, 5.41) is 3.11. The first kappa shape index (κ1) is 15.0. The van der Waals surface area contributed by atoms with Crippen molar-refractivity contribution in [3.8, 4) is 0 Å². The van der Waals surface area contributed by atoms with E-state index in [1.54, 1.807) is 0 Å². The second-order valence-corrected chi connectivity index (χ2v) is 5.36. The number of nitrogens with one attached hydrogen (secondary N) is 1. The lowest BCUT2D eigenvalue weighted by Crippen LogP contribution is -2.38. The fourth-order valence-corrected chi connectivity index (χ4v) is 2.47. The third-order valence-corrected chi connectivity index (χ3v) is 3.29. The predicted molar refractivity (Wildman–Crippen MR) is 78.6 cm³/mol. The highest BCUT2D eigenvalue weighted by Crippen LogP contribution is 2.28. The Balaban J connectivity index is 3.01.